The molecule has 1 aromatic heterocycles. The first-order chi connectivity index (χ1) is 11.2. The van der Waals surface area contributed by atoms with Crippen LogP contribution in [-0.4, -0.2) is 15.5 Å². The molecule has 124 valence electrons. The molecule has 0 radical (unpaired) electrons. The molecular formula is C16H12F3N3O2. The van der Waals surface area contributed by atoms with Crippen LogP contribution in [0.4, 0.5) is 18.9 Å². The molecule has 0 aliphatic heterocycles. The molecule has 0 spiro atoms. The van der Waals surface area contributed by atoms with Gasteiger partial charge in [-0.1, -0.05) is 0 Å². The first-order valence-electron chi connectivity index (χ1n) is 6.91. The molecule has 0 saturated carbocycles. The lowest BCUT2D eigenvalue weighted by molar-refractivity contribution is -0.137. The van der Waals surface area contributed by atoms with E-state index in [9.17, 15) is 22.8 Å². The minimum Gasteiger partial charge on any atom is -0.398 e. The van der Waals surface area contributed by atoms with Gasteiger partial charge in [0.1, 0.15) is 0 Å². The third kappa shape index (κ3) is 2.55. The minimum atomic E-state index is -4.49. The summed E-state index contributed by atoms with van der Waals surface area (Å²) in [6, 6.07) is 6.79. The van der Waals surface area contributed by atoms with E-state index >= 15 is 0 Å². The van der Waals surface area contributed by atoms with Crippen LogP contribution in [0.15, 0.2) is 41.2 Å². The second-order valence-corrected chi connectivity index (χ2v) is 5.37. The minimum absolute atomic E-state index is 0.0273. The highest BCUT2D eigenvalue weighted by molar-refractivity contribution is 6.01. The molecule has 5 nitrogen and oxygen atoms in total. The van der Waals surface area contributed by atoms with Gasteiger partial charge >= 0.3 is 11.9 Å². The monoisotopic (exact) mass is 335 g/mol. The number of benzene rings is 2. The second kappa shape index (κ2) is 5.26. The number of imidazole rings is 1. The van der Waals surface area contributed by atoms with Gasteiger partial charge in [0.2, 0.25) is 0 Å². The van der Waals surface area contributed by atoms with Gasteiger partial charge < -0.3 is 10.7 Å². The van der Waals surface area contributed by atoms with Gasteiger partial charge in [0.15, 0.2) is 0 Å². The van der Waals surface area contributed by atoms with Crippen molar-refractivity contribution in [2.45, 2.75) is 13.1 Å². The fourth-order valence-corrected chi connectivity index (χ4v) is 2.41. The topological polar surface area (TPSA) is 80.9 Å². The number of carbonyl (C=O) groups excluding carboxylic acids is 1. The zero-order valence-electron chi connectivity index (χ0n) is 12.4. The van der Waals surface area contributed by atoms with E-state index < -0.39 is 23.3 Å². The van der Waals surface area contributed by atoms with Crippen LogP contribution < -0.4 is 11.4 Å². The van der Waals surface area contributed by atoms with Crippen LogP contribution in [0.5, 0.6) is 0 Å². The van der Waals surface area contributed by atoms with Crippen molar-refractivity contribution in [3.8, 4) is 0 Å². The Kier molecular flexibility index (Phi) is 3.47. The Morgan fingerprint density at radius 2 is 1.79 bits per heavy atom. The first-order valence-corrected chi connectivity index (χ1v) is 6.91. The van der Waals surface area contributed by atoms with Gasteiger partial charge in [-0.15, -0.1) is 0 Å². The van der Waals surface area contributed by atoms with Crippen LogP contribution in [0, 0.1) is 6.92 Å². The quantitative estimate of drug-likeness (QED) is 0.671. The van der Waals surface area contributed by atoms with Gasteiger partial charge in [-0.05, 0) is 48.9 Å². The van der Waals surface area contributed by atoms with Gasteiger partial charge in [-0.2, -0.15) is 13.2 Å². The SMILES string of the molecule is Cc1cc2c(cc1N)[nH]c(=O)n2C(=O)c1ccc(C(F)(F)F)cc1. The number of nitrogen functional groups attached to an aromatic ring is 1. The summed E-state index contributed by atoms with van der Waals surface area (Å²) in [5.74, 6) is -0.718. The molecule has 0 aliphatic rings. The number of fused-ring (bicyclic) bond motifs is 1. The number of anilines is 1. The van der Waals surface area contributed by atoms with Crippen molar-refractivity contribution >= 4 is 22.6 Å². The third-order valence-corrected chi connectivity index (χ3v) is 3.73. The largest absolute Gasteiger partial charge is 0.416 e. The molecule has 0 amide bonds. The number of nitrogens with two attached hydrogens (primary N) is 1. The van der Waals surface area contributed by atoms with Gasteiger partial charge in [-0.3, -0.25) is 4.79 Å². The predicted molar refractivity (Wildman–Crippen MR) is 82.9 cm³/mol. The highest BCUT2D eigenvalue weighted by Gasteiger charge is 2.30. The summed E-state index contributed by atoms with van der Waals surface area (Å²) in [5.41, 5.74) is 6.02. The molecule has 8 heteroatoms. The lowest BCUT2D eigenvalue weighted by atomic mass is 10.1. The number of aromatic nitrogens is 2. The summed E-state index contributed by atoms with van der Waals surface area (Å²) in [7, 11) is 0. The van der Waals surface area contributed by atoms with Crippen LogP contribution in [0.25, 0.3) is 11.0 Å². The number of carbonyl (C=O) groups is 1. The number of nitrogens with one attached hydrogen (secondary N) is 1. The molecule has 0 fully saturated rings. The number of nitrogens with zero attached hydrogens (tertiary/aromatic N) is 1. The van der Waals surface area contributed by atoms with E-state index in [1.807, 2.05) is 0 Å². The molecule has 0 saturated heterocycles. The van der Waals surface area contributed by atoms with E-state index in [-0.39, 0.29) is 5.56 Å². The van der Waals surface area contributed by atoms with E-state index in [1.54, 1.807) is 13.0 Å². The summed E-state index contributed by atoms with van der Waals surface area (Å²) in [6.07, 6.45) is -4.49. The maximum atomic E-state index is 12.6. The first kappa shape index (κ1) is 15.9. The highest BCUT2D eigenvalue weighted by Crippen LogP contribution is 2.29. The van der Waals surface area contributed by atoms with Gasteiger partial charge in [0.25, 0.3) is 5.91 Å². The Morgan fingerprint density at radius 3 is 2.38 bits per heavy atom. The highest BCUT2D eigenvalue weighted by atomic mass is 19.4. The molecule has 24 heavy (non-hydrogen) atoms. The summed E-state index contributed by atoms with van der Waals surface area (Å²) in [6.45, 7) is 1.72. The molecular weight excluding hydrogens is 323 g/mol. The molecule has 3 rings (SSSR count). The lowest BCUT2D eigenvalue weighted by Gasteiger charge is -2.08. The molecule has 3 N–H and O–H groups in total. The number of hydrogen-bond donors (Lipinski definition) is 2. The second-order valence-electron chi connectivity index (χ2n) is 5.37. The van der Waals surface area contributed by atoms with Crippen LogP contribution in [-0.2, 0) is 6.18 Å². The molecule has 0 unspecified atom stereocenters. The molecule has 0 bridgehead atoms. The summed E-state index contributed by atoms with van der Waals surface area (Å²) in [4.78, 5) is 27.1. The van der Waals surface area contributed by atoms with Crippen LogP contribution in [0.1, 0.15) is 21.5 Å². The Hall–Kier alpha value is -3.03. The van der Waals surface area contributed by atoms with Gasteiger partial charge in [-0.25, -0.2) is 9.36 Å². The summed E-state index contributed by atoms with van der Waals surface area (Å²) in [5, 5.41) is 0. The number of aryl methyl sites for hydroxylation is 1. The maximum absolute atomic E-state index is 12.6. The van der Waals surface area contributed by atoms with Crippen molar-refractivity contribution in [3.05, 3.63) is 63.6 Å². The lowest BCUT2D eigenvalue weighted by Crippen LogP contribution is -2.24. The number of alkyl halides is 3. The Balaban J connectivity index is 2.10. The Morgan fingerprint density at radius 1 is 1.17 bits per heavy atom. The van der Waals surface area contributed by atoms with Crippen LogP contribution >= 0.6 is 0 Å². The molecule has 1 heterocycles. The fraction of sp³-hybridized carbons (Fsp3) is 0.125. The van der Waals surface area contributed by atoms with Gasteiger partial charge in [0.05, 0.1) is 16.6 Å². The van der Waals surface area contributed by atoms with Crippen molar-refractivity contribution in [1.82, 2.24) is 9.55 Å². The summed E-state index contributed by atoms with van der Waals surface area (Å²) >= 11 is 0. The summed E-state index contributed by atoms with van der Waals surface area (Å²) < 4.78 is 38.7. The number of rotatable bonds is 1. The molecule has 2 aromatic carbocycles. The van der Waals surface area contributed by atoms with Crippen molar-refractivity contribution in [1.29, 1.82) is 0 Å². The van der Waals surface area contributed by atoms with Crippen LogP contribution in [0.3, 0.4) is 0 Å². The average Bonchev–Trinajstić information content (AvgIpc) is 2.81. The predicted octanol–water partition coefficient (Wildman–Crippen LogP) is 2.93. The number of hydrogen-bond acceptors (Lipinski definition) is 3. The molecule has 0 atom stereocenters. The number of H-pyrrole nitrogens is 1. The third-order valence-electron chi connectivity index (χ3n) is 3.73. The zero-order chi connectivity index (χ0) is 17.6. The standard InChI is InChI=1S/C16H12F3N3O2/c1-8-6-13-12(7-11(8)20)21-15(24)22(13)14(23)9-2-4-10(5-3-9)16(17,18)19/h2-7H,20H2,1H3,(H,21,24). The van der Waals surface area contributed by atoms with E-state index in [4.69, 9.17) is 5.73 Å². The number of aromatic amines is 1. The molecule has 3 aromatic rings. The van der Waals surface area contributed by atoms with E-state index in [0.717, 1.165) is 28.8 Å². The fourth-order valence-electron chi connectivity index (χ4n) is 2.41. The average molecular weight is 335 g/mol. The smallest absolute Gasteiger partial charge is 0.398 e. The zero-order valence-corrected chi connectivity index (χ0v) is 12.4. The Bertz CT molecular complexity index is 998. The van der Waals surface area contributed by atoms with Crippen molar-refractivity contribution in [3.63, 3.8) is 0 Å². The maximum Gasteiger partial charge on any atom is 0.416 e. The normalized spacial score (nSPS) is 11.8. The van der Waals surface area contributed by atoms with E-state index in [2.05, 4.69) is 4.98 Å². The molecule has 0 aliphatic carbocycles. The van der Waals surface area contributed by atoms with Crippen molar-refractivity contribution in [2.24, 2.45) is 0 Å². The van der Waals surface area contributed by atoms with Gasteiger partial charge in [0, 0.05) is 11.3 Å². The van der Waals surface area contributed by atoms with Crippen LogP contribution in [0.2, 0.25) is 0 Å². The van der Waals surface area contributed by atoms with Crippen molar-refractivity contribution < 1.29 is 18.0 Å². The van der Waals surface area contributed by atoms with E-state index in [1.165, 1.54) is 6.07 Å². The number of halogens is 3. The van der Waals surface area contributed by atoms with Crippen molar-refractivity contribution in [2.75, 3.05) is 5.73 Å². The Labute approximate surface area is 133 Å². The van der Waals surface area contributed by atoms with E-state index in [0.29, 0.717) is 22.3 Å².